The molecule has 1 unspecified atom stereocenters. The van der Waals surface area contributed by atoms with Crippen molar-refractivity contribution in [3.8, 4) is 0 Å². The quantitative estimate of drug-likeness (QED) is 0.750. The fourth-order valence-electron chi connectivity index (χ4n) is 2.93. The van der Waals surface area contributed by atoms with Crippen molar-refractivity contribution in [1.29, 1.82) is 0 Å². The SMILES string of the molecule is NC(C(=O)OC1CCCC1)C1CCCCC1. The number of nitrogens with two attached hydrogens (primary N) is 1. The minimum absolute atomic E-state index is 0.154. The van der Waals surface area contributed by atoms with Crippen molar-refractivity contribution < 1.29 is 9.53 Å². The molecule has 92 valence electrons. The zero-order valence-electron chi connectivity index (χ0n) is 9.99. The molecule has 0 aromatic heterocycles. The van der Waals surface area contributed by atoms with Crippen LogP contribution in [0.5, 0.6) is 0 Å². The monoisotopic (exact) mass is 225 g/mol. The van der Waals surface area contributed by atoms with Crippen LogP contribution in [0, 0.1) is 5.92 Å². The summed E-state index contributed by atoms with van der Waals surface area (Å²) in [4.78, 5) is 11.9. The molecule has 0 bridgehead atoms. The summed E-state index contributed by atoms with van der Waals surface area (Å²) in [5.74, 6) is 0.210. The molecule has 3 nitrogen and oxygen atoms in total. The molecule has 0 heterocycles. The van der Waals surface area contributed by atoms with E-state index in [1.54, 1.807) is 0 Å². The van der Waals surface area contributed by atoms with Crippen LogP contribution in [0.15, 0.2) is 0 Å². The Morgan fingerprint density at radius 2 is 1.56 bits per heavy atom. The first-order valence-corrected chi connectivity index (χ1v) is 6.73. The van der Waals surface area contributed by atoms with E-state index in [1.165, 1.54) is 32.1 Å². The molecule has 2 N–H and O–H groups in total. The van der Waals surface area contributed by atoms with E-state index >= 15 is 0 Å². The van der Waals surface area contributed by atoms with Gasteiger partial charge in [0.15, 0.2) is 0 Å². The molecule has 0 aromatic rings. The highest BCUT2D eigenvalue weighted by atomic mass is 16.5. The Hall–Kier alpha value is -0.570. The van der Waals surface area contributed by atoms with E-state index in [1.807, 2.05) is 0 Å². The van der Waals surface area contributed by atoms with Crippen LogP contribution in [0.2, 0.25) is 0 Å². The minimum Gasteiger partial charge on any atom is -0.461 e. The second-order valence-corrected chi connectivity index (χ2v) is 5.27. The third-order valence-electron chi connectivity index (χ3n) is 4.01. The molecule has 2 saturated carbocycles. The molecule has 3 heteroatoms. The van der Waals surface area contributed by atoms with Crippen LogP contribution >= 0.6 is 0 Å². The molecular formula is C13H23NO2. The van der Waals surface area contributed by atoms with E-state index in [2.05, 4.69) is 0 Å². The van der Waals surface area contributed by atoms with E-state index in [0.717, 1.165) is 25.7 Å². The number of hydrogen-bond donors (Lipinski definition) is 1. The van der Waals surface area contributed by atoms with Crippen molar-refractivity contribution in [1.82, 2.24) is 0 Å². The van der Waals surface area contributed by atoms with Gasteiger partial charge in [0, 0.05) is 0 Å². The molecule has 2 aliphatic rings. The lowest BCUT2D eigenvalue weighted by Crippen LogP contribution is -2.41. The number of carbonyl (C=O) groups excluding carboxylic acids is 1. The van der Waals surface area contributed by atoms with Gasteiger partial charge in [-0.05, 0) is 44.4 Å². The maximum absolute atomic E-state index is 11.9. The van der Waals surface area contributed by atoms with Crippen LogP contribution in [-0.4, -0.2) is 18.1 Å². The first-order valence-electron chi connectivity index (χ1n) is 6.73. The Morgan fingerprint density at radius 1 is 1.00 bits per heavy atom. The molecule has 1 atom stereocenters. The van der Waals surface area contributed by atoms with Crippen LogP contribution in [-0.2, 0) is 9.53 Å². The van der Waals surface area contributed by atoms with Gasteiger partial charge < -0.3 is 10.5 Å². The van der Waals surface area contributed by atoms with Crippen molar-refractivity contribution in [2.45, 2.75) is 69.9 Å². The standard InChI is InChI=1S/C13H23NO2/c14-12(10-6-2-1-3-7-10)13(15)16-11-8-4-5-9-11/h10-12H,1-9,14H2. The predicted octanol–water partition coefficient (Wildman–Crippen LogP) is 2.38. The van der Waals surface area contributed by atoms with E-state index < -0.39 is 0 Å². The van der Waals surface area contributed by atoms with E-state index in [9.17, 15) is 4.79 Å². The third kappa shape index (κ3) is 2.97. The molecule has 2 fully saturated rings. The highest BCUT2D eigenvalue weighted by molar-refractivity contribution is 5.76. The van der Waals surface area contributed by atoms with E-state index in [-0.39, 0.29) is 18.1 Å². The van der Waals surface area contributed by atoms with Gasteiger partial charge in [-0.2, -0.15) is 0 Å². The normalized spacial score (nSPS) is 25.6. The summed E-state index contributed by atoms with van der Waals surface area (Å²) in [6.45, 7) is 0. The predicted molar refractivity (Wildman–Crippen MR) is 62.9 cm³/mol. The van der Waals surface area contributed by atoms with Gasteiger partial charge in [-0.25, -0.2) is 0 Å². The average molecular weight is 225 g/mol. The summed E-state index contributed by atoms with van der Waals surface area (Å²) in [5.41, 5.74) is 6.00. The van der Waals surface area contributed by atoms with Gasteiger partial charge in [0.2, 0.25) is 0 Å². The van der Waals surface area contributed by atoms with Gasteiger partial charge in [0.1, 0.15) is 12.1 Å². The van der Waals surface area contributed by atoms with E-state index in [0.29, 0.717) is 5.92 Å². The van der Waals surface area contributed by atoms with Gasteiger partial charge >= 0.3 is 5.97 Å². The number of ether oxygens (including phenoxy) is 1. The topological polar surface area (TPSA) is 52.3 Å². The zero-order chi connectivity index (χ0) is 11.4. The molecule has 0 aliphatic heterocycles. The van der Waals surface area contributed by atoms with Crippen LogP contribution in [0.25, 0.3) is 0 Å². The van der Waals surface area contributed by atoms with Gasteiger partial charge in [0.05, 0.1) is 0 Å². The summed E-state index contributed by atoms with van der Waals surface area (Å²) >= 11 is 0. The fraction of sp³-hybridized carbons (Fsp3) is 0.923. The average Bonchev–Trinajstić information content (AvgIpc) is 2.82. The summed E-state index contributed by atoms with van der Waals surface area (Å²) in [7, 11) is 0. The first kappa shape index (κ1) is 11.9. The molecule has 0 amide bonds. The minimum atomic E-state index is -0.374. The van der Waals surface area contributed by atoms with Gasteiger partial charge in [0.25, 0.3) is 0 Å². The van der Waals surface area contributed by atoms with Crippen molar-refractivity contribution in [3.63, 3.8) is 0 Å². The Labute approximate surface area is 97.7 Å². The van der Waals surface area contributed by atoms with Gasteiger partial charge in [-0.1, -0.05) is 19.3 Å². The molecule has 2 aliphatic carbocycles. The smallest absolute Gasteiger partial charge is 0.323 e. The molecule has 16 heavy (non-hydrogen) atoms. The lowest BCUT2D eigenvalue weighted by molar-refractivity contribution is -0.152. The Balaban J connectivity index is 1.78. The van der Waals surface area contributed by atoms with Crippen LogP contribution in [0.4, 0.5) is 0 Å². The number of hydrogen-bond acceptors (Lipinski definition) is 3. The largest absolute Gasteiger partial charge is 0.461 e. The zero-order valence-corrected chi connectivity index (χ0v) is 9.99. The highest BCUT2D eigenvalue weighted by Crippen LogP contribution is 2.27. The van der Waals surface area contributed by atoms with Crippen molar-refractivity contribution in [3.05, 3.63) is 0 Å². The summed E-state index contributed by atoms with van der Waals surface area (Å²) in [6.07, 6.45) is 10.5. The molecule has 0 aromatic carbocycles. The summed E-state index contributed by atoms with van der Waals surface area (Å²) in [5, 5.41) is 0. The number of rotatable bonds is 3. The lowest BCUT2D eigenvalue weighted by Gasteiger charge is -2.26. The van der Waals surface area contributed by atoms with E-state index in [4.69, 9.17) is 10.5 Å². The van der Waals surface area contributed by atoms with Crippen LogP contribution in [0.3, 0.4) is 0 Å². The van der Waals surface area contributed by atoms with Gasteiger partial charge in [-0.3, -0.25) is 4.79 Å². The second-order valence-electron chi connectivity index (χ2n) is 5.27. The number of esters is 1. The molecule has 0 saturated heterocycles. The van der Waals surface area contributed by atoms with Crippen LogP contribution in [0.1, 0.15) is 57.8 Å². The molecule has 2 rings (SSSR count). The lowest BCUT2D eigenvalue weighted by atomic mass is 9.84. The Morgan fingerprint density at radius 3 is 2.19 bits per heavy atom. The second kappa shape index (κ2) is 5.67. The van der Waals surface area contributed by atoms with Crippen LogP contribution < -0.4 is 5.73 Å². The maximum Gasteiger partial charge on any atom is 0.323 e. The molecule has 0 spiro atoms. The number of carbonyl (C=O) groups is 1. The van der Waals surface area contributed by atoms with Crippen molar-refractivity contribution >= 4 is 5.97 Å². The summed E-state index contributed by atoms with van der Waals surface area (Å²) < 4.78 is 5.46. The third-order valence-corrected chi connectivity index (χ3v) is 4.01. The summed E-state index contributed by atoms with van der Waals surface area (Å²) in [6, 6.07) is -0.374. The van der Waals surface area contributed by atoms with Crippen molar-refractivity contribution in [2.75, 3.05) is 0 Å². The molecular weight excluding hydrogens is 202 g/mol. The Kier molecular flexibility index (Phi) is 4.22. The first-order chi connectivity index (χ1) is 7.77. The molecule has 0 radical (unpaired) electrons. The fourth-order valence-corrected chi connectivity index (χ4v) is 2.93. The highest BCUT2D eigenvalue weighted by Gasteiger charge is 2.29. The Bertz CT molecular complexity index is 230. The van der Waals surface area contributed by atoms with Gasteiger partial charge in [-0.15, -0.1) is 0 Å². The van der Waals surface area contributed by atoms with Crippen molar-refractivity contribution in [2.24, 2.45) is 11.7 Å². The maximum atomic E-state index is 11.9.